The van der Waals surface area contributed by atoms with Gasteiger partial charge in [-0.3, -0.25) is 19.2 Å². The number of thioether (sulfide) groups is 1. The standard InChI is InChI=1S/C57H46N10O9S/c1-63-49-8-4-5-9-50(49)77-52(63)24-31-16-20-64(45-7-3-2-6-32(31)45)30-76-56(72)58-28-51(68)65-21-17-33-37-26-43(61-40(37)10-13-46(33)65)54(70)67-23-19-35-38-27-44(62-41(38)12-15-48(35)67)55(71)66-22-18-34-36-25-42(53(69)59-29-75-57(73)74)60-39(36)11-14-47(34)66/h2-16,20,24-27H,17-19,21-23,28-30H2,1H3,(H5-,58,59,60,61,62,69,70,71,72,73,74). The number of nitrogens with zero attached hydrogens (tertiary/aromatic N) is 5. The van der Waals surface area contributed by atoms with Crippen LogP contribution in [-0.2, 0) is 40.3 Å². The van der Waals surface area contributed by atoms with Gasteiger partial charge in [0.25, 0.3) is 30.6 Å². The summed E-state index contributed by atoms with van der Waals surface area (Å²) >= 11 is 1.72. The third-order valence-electron chi connectivity index (χ3n) is 14.9. The highest BCUT2D eigenvalue weighted by Crippen LogP contribution is 2.46. The van der Waals surface area contributed by atoms with Crippen molar-refractivity contribution in [2.75, 3.05) is 59.6 Å². The van der Waals surface area contributed by atoms with E-state index in [4.69, 9.17) is 4.74 Å². The molecule has 0 fully saturated rings. The summed E-state index contributed by atoms with van der Waals surface area (Å²) in [4.78, 5) is 96.6. The molecule has 5 amide bonds. The minimum atomic E-state index is -1.75. The van der Waals surface area contributed by atoms with Crippen LogP contribution in [0.15, 0.2) is 125 Å². The maximum Gasteiger partial charge on any atom is 0.412 e. The number of pyridine rings is 1. The van der Waals surface area contributed by atoms with Gasteiger partial charge in [0.1, 0.15) is 30.4 Å². The molecule has 4 aliphatic rings. The van der Waals surface area contributed by atoms with Crippen molar-refractivity contribution in [3.8, 4) is 0 Å². The number of anilines is 4. The number of ether oxygens (including phenoxy) is 2. The second-order valence-electron chi connectivity index (χ2n) is 19.2. The number of fused-ring (bicyclic) bond motifs is 11. The highest BCUT2D eigenvalue weighted by molar-refractivity contribution is 8.03. The van der Waals surface area contributed by atoms with Gasteiger partial charge in [-0.2, -0.15) is 4.57 Å². The van der Waals surface area contributed by atoms with Crippen LogP contribution in [0.4, 0.5) is 32.3 Å². The molecule has 0 unspecified atom stereocenters. The quantitative estimate of drug-likeness (QED) is 0.0541. The monoisotopic (exact) mass is 1050 g/mol. The third-order valence-corrected chi connectivity index (χ3v) is 16.1. The lowest BCUT2D eigenvalue weighted by Gasteiger charge is -2.17. The second-order valence-corrected chi connectivity index (χ2v) is 20.2. The number of amides is 5. The number of H-pyrrole nitrogens is 3. The summed E-state index contributed by atoms with van der Waals surface area (Å²) in [6.45, 7) is 0.404. The van der Waals surface area contributed by atoms with E-state index in [1.165, 1.54) is 4.90 Å². The number of benzene rings is 5. The molecule has 4 aromatic heterocycles. The summed E-state index contributed by atoms with van der Waals surface area (Å²) < 4.78 is 11.8. The molecule has 384 valence electrons. The van der Waals surface area contributed by atoms with Crippen LogP contribution in [0.5, 0.6) is 0 Å². The molecule has 20 heteroatoms. The van der Waals surface area contributed by atoms with Crippen molar-refractivity contribution in [2.45, 2.75) is 30.9 Å². The third kappa shape index (κ3) is 8.20. The molecular formula is C57H46N10O9S. The Kier molecular flexibility index (Phi) is 11.4. The first-order valence-electron chi connectivity index (χ1n) is 25.0. The van der Waals surface area contributed by atoms with E-state index in [1.54, 1.807) is 38.6 Å². The Morgan fingerprint density at radius 3 is 1.82 bits per heavy atom. The lowest BCUT2D eigenvalue weighted by molar-refractivity contribution is -0.703. The van der Waals surface area contributed by atoms with Crippen molar-refractivity contribution < 1.29 is 47.9 Å². The largest absolute Gasteiger partial charge is 0.530 e. The van der Waals surface area contributed by atoms with Gasteiger partial charge < -0.3 is 64.6 Å². The van der Waals surface area contributed by atoms with Gasteiger partial charge in [0.15, 0.2) is 6.20 Å². The first-order chi connectivity index (χ1) is 37.4. The Labute approximate surface area is 442 Å². The van der Waals surface area contributed by atoms with E-state index in [0.717, 1.165) is 88.1 Å². The summed E-state index contributed by atoms with van der Waals surface area (Å²) in [5, 5.41) is 20.2. The number of carboxylic acid groups (broad SMARTS) is 1. The van der Waals surface area contributed by atoms with Gasteiger partial charge in [-0.15, -0.1) is 0 Å². The molecule has 19 nitrogen and oxygen atoms in total. The van der Waals surface area contributed by atoms with E-state index >= 15 is 0 Å². The number of aromatic nitrogens is 4. The molecule has 0 aliphatic carbocycles. The van der Waals surface area contributed by atoms with Gasteiger partial charge >= 0.3 is 6.09 Å². The molecule has 0 saturated carbocycles. The number of carbonyl (C=O) groups excluding carboxylic acids is 6. The first kappa shape index (κ1) is 47.2. The number of nitrogens with one attached hydrogen (secondary N) is 5. The van der Waals surface area contributed by atoms with E-state index < -0.39 is 24.9 Å². The zero-order valence-electron chi connectivity index (χ0n) is 41.2. The van der Waals surface area contributed by atoms with Crippen LogP contribution in [0.1, 0.15) is 53.7 Å². The van der Waals surface area contributed by atoms with Crippen LogP contribution in [0.25, 0.3) is 49.7 Å². The molecule has 0 spiro atoms. The van der Waals surface area contributed by atoms with E-state index in [2.05, 4.69) is 60.5 Å². The molecule has 4 aliphatic heterocycles. The molecule has 77 heavy (non-hydrogen) atoms. The van der Waals surface area contributed by atoms with Crippen molar-refractivity contribution in [2.24, 2.45) is 0 Å². The van der Waals surface area contributed by atoms with Crippen LogP contribution in [0, 0.1) is 0 Å². The van der Waals surface area contributed by atoms with E-state index in [9.17, 15) is 33.9 Å². The zero-order chi connectivity index (χ0) is 52.6. The van der Waals surface area contributed by atoms with E-state index in [0.29, 0.717) is 55.8 Å². The minimum Gasteiger partial charge on any atom is -0.530 e. The Morgan fingerprint density at radius 1 is 0.636 bits per heavy atom. The SMILES string of the molecule is CN1/C(=C/c2cc[n+](COC(=O)NCC(=O)N3CCc4c3ccc3[nH]c(C(=O)N5CCc6c5ccc5[nH]c(C(=O)N7CCc8c7ccc7[nH]c(C(=O)NCOC(=O)[O-])cc87)cc65)cc43)c3ccccc23)Sc2ccccc21. The van der Waals surface area contributed by atoms with Crippen molar-refractivity contribution >= 4 is 120 Å². The molecule has 13 rings (SSSR count). The van der Waals surface area contributed by atoms with Crippen molar-refractivity contribution in [3.63, 3.8) is 0 Å². The maximum absolute atomic E-state index is 14.3. The molecular weight excluding hydrogens is 1000 g/mol. The van der Waals surface area contributed by atoms with E-state index in [1.807, 2.05) is 95.7 Å². The fraction of sp³-hybridized carbons (Fsp3) is 0.175. The minimum absolute atomic E-state index is 0.0581. The summed E-state index contributed by atoms with van der Waals surface area (Å²) in [6, 6.07) is 34.8. The van der Waals surface area contributed by atoms with Crippen molar-refractivity contribution in [1.29, 1.82) is 0 Å². The van der Waals surface area contributed by atoms with Crippen LogP contribution in [0.2, 0.25) is 0 Å². The number of alkyl carbamates (subject to hydrolysis) is 1. The van der Waals surface area contributed by atoms with Gasteiger partial charge in [0, 0.05) is 93.5 Å². The summed E-state index contributed by atoms with van der Waals surface area (Å²) in [5.74, 6) is -1.26. The normalized spacial score (nSPS) is 14.9. The number of aromatic amines is 3. The second kappa shape index (κ2) is 18.7. The molecule has 5 aromatic carbocycles. The van der Waals surface area contributed by atoms with Gasteiger partial charge in [-0.25, -0.2) is 4.79 Å². The van der Waals surface area contributed by atoms with Crippen LogP contribution in [-0.4, -0.2) is 90.8 Å². The highest BCUT2D eigenvalue weighted by atomic mass is 32.2. The first-order valence-corrected chi connectivity index (χ1v) is 25.8. The smallest absolute Gasteiger partial charge is 0.412 e. The number of rotatable bonds is 10. The average Bonchev–Trinajstić information content (AvgIpc) is 4.43. The molecule has 0 atom stereocenters. The Morgan fingerprint density at radius 2 is 1.19 bits per heavy atom. The summed E-state index contributed by atoms with van der Waals surface area (Å²) in [7, 11) is 2.06. The fourth-order valence-corrected chi connectivity index (χ4v) is 12.4. The predicted molar refractivity (Wildman–Crippen MR) is 288 cm³/mol. The molecule has 0 saturated heterocycles. The van der Waals surface area contributed by atoms with Gasteiger partial charge in [-0.1, -0.05) is 36.0 Å². The number of hydrogen-bond acceptors (Lipinski definition) is 11. The van der Waals surface area contributed by atoms with Gasteiger partial charge in [-0.05, 0) is 120 Å². The van der Waals surface area contributed by atoms with Gasteiger partial charge in [0.05, 0.1) is 16.1 Å². The van der Waals surface area contributed by atoms with Crippen LogP contribution >= 0.6 is 11.8 Å². The van der Waals surface area contributed by atoms with E-state index in [-0.39, 0.29) is 36.7 Å². The molecule has 0 bridgehead atoms. The average molecular weight is 1050 g/mol. The fourth-order valence-electron chi connectivity index (χ4n) is 11.3. The number of para-hydroxylation sites is 2. The molecule has 8 heterocycles. The maximum atomic E-state index is 14.3. The topological polar surface area (TPSA) is 232 Å². The number of hydrogen-bond donors (Lipinski definition) is 5. The summed E-state index contributed by atoms with van der Waals surface area (Å²) in [5.41, 5.74) is 11.3. The highest BCUT2D eigenvalue weighted by Gasteiger charge is 2.34. The molecule has 5 N–H and O–H groups in total. The van der Waals surface area contributed by atoms with Crippen LogP contribution in [0.3, 0.4) is 0 Å². The molecule has 9 aromatic rings. The lowest BCUT2D eigenvalue weighted by atomic mass is 10.1. The van der Waals surface area contributed by atoms with Gasteiger partial charge in [0.2, 0.25) is 11.4 Å². The van der Waals surface area contributed by atoms with Crippen LogP contribution < -0.4 is 39.9 Å². The van der Waals surface area contributed by atoms with Crippen molar-refractivity contribution in [3.05, 3.63) is 160 Å². The Balaban J connectivity index is 0.652. The van der Waals surface area contributed by atoms with Crippen molar-refractivity contribution in [1.82, 2.24) is 25.6 Å². The predicted octanol–water partition coefficient (Wildman–Crippen LogP) is 6.84. The number of carbonyl (C=O) groups is 6. The summed E-state index contributed by atoms with van der Waals surface area (Å²) in [6.07, 6.45) is 3.30. The Bertz CT molecular complexity index is 4060. The zero-order valence-corrected chi connectivity index (χ0v) is 42.0. The lowest BCUT2D eigenvalue weighted by Crippen LogP contribution is -2.42. The Hall–Kier alpha value is -9.56. The molecule has 0 radical (unpaired) electrons.